The summed E-state index contributed by atoms with van der Waals surface area (Å²) < 4.78 is 33.5. The summed E-state index contributed by atoms with van der Waals surface area (Å²) in [7, 11) is -1.84. The largest absolute Gasteiger partial charge is 0.461 e. The molecule has 1 N–H and O–H groups in total. The van der Waals surface area contributed by atoms with Crippen LogP contribution in [0.25, 0.3) is 0 Å². The van der Waals surface area contributed by atoms with Gasteiger partial charge in [-0.15, -0.1) is 4.28 Å². The van der Waals surface area contributed by atoms with Crippen LogP contribution in [0.4, 0.5) is 0 Å². The standard InChI is InChI=1S/C6H9NO7S/c1-12-5(8)4(6(9)13-2)7-14-15(3,10)11/h1-3H3/p+1. The van der Waals surface area contributed by atoms with Crippen molar-refractivity contribution < 1.29 is 36.9 Å². The number of carbonyl (C=O) groups is 2. The third kappa shape index (κ3) is 4.96. The predicted molar refractivity (Wildman–Crippen MR) is 45.9 cm³/mol. The summed E-state index contributed by atoms with van der Waals surface area (Å²) >= 11 is 0. The zero-order chi connectivity index (χ0) is 12.1. The Balaban J connectivity index is 4.95. The Kier molecular flexibility index (Phi) is 4.71. The SMILES string of the molecule is COC(=O)C(=[NH+]OS(C)(=O)=O)C(=O)OC. The van der Waals surface area contributed by atoms with Crippen molar-refractivity contribution in [3.8, 4) is 0 Å². The maximum absolute atomic E-state index is 10.9. The normalized spacial score (nSPS) is 10.1. The molecule has 86 valence electrons. The fourth-order valence-corrected chi connectivity index (χ4v) is 0.723. The molecule has 0 rings (SSSR count). The van der Waals surface area contributed by atoms with E-state index in [2.05, 4.69) is 13.8 Å². The van der Waals surface area contributed by atoms with E-state index in [0.717, 1.165) is 20.5 Å². The molecule has 0 heterocycles. The molecule has 0 unspecified atom stereocenters. The number of nitrogens with one attached hydrogen (secondary N) is 1. The second-order valence-electron chi connectivity index (χ2n) is 2.25. The lowest BCUT2D eigenvalue weighted by Crippen LogP contribution is -2.76. The summed E-state index contributed by atoms with van der Waals surface area (Å²) in [6, 6.07) is 0. The molecule has 8 nitrogen and oxygen atoms in total. The maximum Gasteiger partial charge on any atom is 0.417 e. The van der Waals surface area contributed by atoms with Crippen molar-refractivity contribution in [2.75, 3.05) is 20.5 Å². The lowest BCUT2D eigenvalue weighted by Gasteiger charge is -1.95. The predicted octanol–water partition coefficient (Wildman–Crippen LogP) is -3.25. The van der Waals surface area contributed by atoms with Crippen LogP contribution in [0.1, 0.15) is 0 Å². The summed E-state index contributed by atoms with van der Waals surface area (Å²) in [6.45, 7) is 0. The van der Waals surface area contributed by atoms with Crippen LogP contribution in [-0.2, 0) is 33.5 Å². The maximum atomic E-state index is 10.9. The summed E-state index contributed by atoms with van der Waals surface area (Å²) in [6.07, 6.45) is 0.728. The minimum Gasteiger partial charge on any atom is -0.461 e. The highest BCUT2D eigenvalue weighted by Crippen LogP contribution is 1.80. The van der Waals surface area contributed by atoms with Crippen molar-refractivity contribution in [3.63, 3.8) is 0 Å². The van der Waals surface area contributed by atoms with Gasteiger partial charge in [-0.2, -0.15) is 8.42 Å². The van der Waals surface area contributed by atoms with Crippen LogP contribution >= 0.6 is 0 Å². The van der Waals surface area contributed by atoms with Crippen LogP contribution in [0.15, 0.2) is 0 Å². The van der Waals surface area contributed by atoms with E-state index < -0.39 is 27.8 Å². The minimum atomic E-state index is -3.85. The van der Waals surface area contributed by atoms with Crippen LogP contribution in [0, 0.1) is 0 Å². The van der Waals surface area contributed by atoms with Crippen LogP contribution in [0.5, 0.6) is 0 Å². The van der Waals surface area contributed by atoms with E-state index in [1.165, 1.54) is 0 Å². The third-order valence-electron chi connectivity index (χ3n) is 1.07. The molecule has 15 heavy (non-hydrogen) atoms. The van der Waals surface area contributed by atoms with Crippen molar-refractivity contribution in [1.82, 2.24) is 0 Å². The number of ether oxygens (including phenoxy) is 2. The molecule has 0 aliphatic carbocycles. The van der Waals surface area contributed by atoms with Gasteiger partial charge < -0.3 is 9.47 Å². The summed E-state index contributed by atoms with van der Waals surface area (Å²) in [4.78, 5) is 21.9. The first-order chi connectivity index (χ1) is 6.81. The summed E-state index contributed by atoms with van der Waals surface area (Å²) in [5, 5.41) is 1.64. The van der Waals surface area contributed by atoms with Gasteiger partial charge in [0.15, 0.2) is 0 Å². The van der Waals surface area contributed by atoms with Crippen LogP contribution in [0.3, 0.4) is 0 Å². The highest BCUT2D eigenvalue weighted by atomic mass is 32.2. The molecular weight excluding hydrogens is 230 g/mol. The van der Waals surface area contributed by atoms with Crippen LogP contribution in [-0.4, -0.2) is 46.5 Å². The molecule has 0 aromatic rings. The highest BCUT2D eigenvalue weighted by molar-refractivity contribution is 7.85. The number of esters is 2. The van der Waals surface area contributed by atoms with Gasteiger partial charge in [0.25, 0.3) is 0 Å². The van der Waals surface area contributed by atoms with Crippen molar-refractivity contribution in [2.24, 2.45) is 0 Å². The Bertz CT molecular complexity index is 364. The lowest BCUT2D eigenvalue weighted by molar-refractivity contribution is -0.702. The Labute approximate surface area is 85.9 Å². The average Bonchev–Trinajstić information content (AvgIpc) is 2.15. The first-order valence-corrected chi connectivity index (χ1v) is 5.31. The van der Waals surface area contributed by atoms with Crippen molar-refractivity contribution in [2.45, 2.75) is 0 Å². The summed E-state index contributed by atoms with van der Waals surface area (Å²) in [5.74, 6) is -2.21. The number of carbonyl (C=O) groups excluding carboxylic acids is 2. The topological polar surface area (TPSA) is 110 Å². The molecule has 0 atom stereocenters. The van der Waals surface area contributed by atoms with Crippen molar-refractivity contribution >= 4 is 27.8 Å². The van der Waals surface area contributed by atoms with E-state index in [-0.39, 0.29) is 0 Å². The minimum absolute atomic E-state index is 0.728. The fraction of sp³-hybridized carbons (Fsp3) is 0.500. The van der Waals surface area contributed by atoms with Crippen molar-refractivity contribution in [1.29, 1.82) is 0 Å². The molecule has 0 saturated carbocycles. The quantitative estimate of drug-likeness (QED) is 0.238. The Hall–Kier alpha value is -1.64. The molecule has 0 aliphatic rings. The second kappa shape index (κ2) is 5.29. The van der Waals surface area contributed by atoms with E-state index in [9.17, 15) is 18.0 Å². The summed E-state index contributed by atoms with van der Waals surface area (Å²) in [5.41, 5.74) is -0.773. The number of rotatable bonds is 4. The lowest BCUT2D eigenvalue weighted by atomic mass is 10.4. The van der Waals surface area contributed by atoms with Gasteiger partial charge in [-0.3, -0.25) is 0 Å². The van der Waals surface area contributed by atoms with E-state index in [1.807, 2.05) is 0 Å². The molecule has 0 radical (unpaired) electrons. The average molecular weight is 240 g/mol. The molecule has 0 bridgehead atoms. The van der Waals surface area contributed by atoms with Gasteiger partial charge in [-0.25, -0.2) is 9.59 Å². The molecule has 0 spiro atoms. The molecule has 0 fully saturated rings. The van der Waals surface area contributed by atoms with Crippen LogP contribution in [0.2, 0.25) is 0 Å². The van der Waals surface area contributed by atoms with Gasteiger partial charge in [0.1, 0.15) is 0 Å². The van der Waals surface area contributed by atoms with E-state index in [0.29, 0.717) is 0 Å². The molecule has 0 aromatic carbocycles. The van der Waals surface area contributed by atoms with Gasteiger partial charge in [-0.05, 0) is 0 Å². The third-order valence-corrected chi connectivity index (χ3v) is 1.46. The molecule has 0 saturated heterocycles. The number of hydrogen-bond acceptors (Lipinski definition) is 7. The van der Waals surface area contributed by atoms with Crippen LogP contribution < -0.4 is 5.16 Å². The zero-order valence-corrected chi connectivity index (χ0v) is 9.08. The van der Waals surface area contributed by atoms with E-state index in [1.54, 1.807) is 5.16 Å². The monoisotopic (exact) mass is 240 g/mol. The molecule has 0 aromatic heterocycles. The Morgan fingerprint density at radius 3 is 1.73 bits per heavy atom. The van der Waals surface area contributed by atoms with Gasteiger partial charge >= 0.3 is 27.8 Å². The van der Waals surface area contributed by atoms with Gasteiger partial charge in [0, 0.05) is 5.16 Å². The Morgan fingerprint density at radius 1 is 1.07 bits per heavy atom. The second-order valence-corrected chi connectivity index (χ2v) is 3.82. The smallest absolute Gasteiger partial charge is 0.417 e. The fourth-order valence-electron chi connectivity index (χ4n) is 0.488. The van der Waals surface area contributed by atoms with E-state index >= 15 is 0 Å². The van der Waals surface area contributed by atoms with E-state index in [4.69, 9.17) is 0 Å². The van der Waals surface area contributed by atoms with Crippen molar-refractivity contribution in [3.05, 3.63) is 0 Å². The van der Waals surface area contributed by atoms with Gasteiger partial charge in [-0.1, -0.05) is 0 Å². The Morgan fingerprint density at radius 2 is 1.47 bits per heavy atom. The first-order valence-electron chi connectivity index (χ1n) is 3.50. The number of methoxy groups -OCH3 is 2. The zero-order valence-electron chi connectivity index (χ0n) is 8.27. The number of hydrogen-bond donors (Lipinski definition) is 1. The van der Waals surface area contributed by atoms with Gasteiger partial charge in [0.05, 0.1) is 20.5 Å². The molecule has 9 heteroatoms. The molecule has 0 amide bonds. The molecule has 0 aliphatic heterocycles. The first kappa shape index (κ1) is 13.4. The molecular formula is C6H10NO7S+. The highest BCUT2D eigenvalue weighted by Gasteiger charge is 2.31. The van der Waals surface area contributed by atoms with Gasteiger partial charge in [0.2, 0.25) is 0 Å².